The van der Waals surface area contributed by atoms with Crippen molar-refractivity contribution in [1.29, 1.82) is 0 Å². The van der Waals surface area contributed by atoms with Crippen LogP contribution in [0.4, 0.5) is 29.6 Å². The molecule has 1 aliphatic rings. The van der Waals surface area contributed by atoms with E-state index in [1.807, 2.05) is 26.1 Å². The zero-order chi connectivity index (χ0) is 22.2. The lowest BCUT2D eigenvalue weighted by atomic mass is 10.1. The zero-order valence-corrected chi connectivity index (χ0v) is 16.6. The Morgan fingerprint density at radius 3 is 2.77 bits per heavy atom. The fourth-order valence-electron chi connectivity index (χ4n) is 3.27. The molecule has 1 saturated heterocycles. The summed E-state index contributed by atoms with van der Waals surface area (Å²) in [6.45, 7) is 4.13. The van der Waals surface area contributed by atoms with Crippen LogP contribution in [-0.2, 0) is 17.5 Å². The van der Waals surface area contributed by atoms with Crippen LogP contribution >= 0.6 is 0 Å². The van der Waals surface area contributed by atoms with Crippen molar-refractivity contribution in [3.05, 3.63) is 54.1 Å². The van der Waals surface area contributed by atoms with E-state index in [9.17, 15) is 18.0 Å². The lowest BCUT2D eigenvalue weighted by Gasteiger charge is -2.12. The molecule has 3 heterocycles. The average molecular weight is 432 g/mol. The SMILES string of the molecule is Cc1cc(Nc2nccc(C(F)(F)F)n2)cc(-c2cnn(CC3OC(=O)NC3C)c2)c1. The smallest absolute Gasteiger partial charge is 0.433 e. The van der Waals surface area contributed by atoms with Gasteiger partial charge in [0.2, 0.25) is 5.95 Å². The van der Waals surface area contributed by atoms with Crippen molar-refractivity contribution >= 4 is 17.7 Å². The highest BCUT2D eigenvalue weighted by atomic mass is 19.4. The van der Waals surface area contributed by atoms with Crippen molar-refractivity contribution in [3.8, 4) is 11.1 Å². The number of amides is 1. The van der Waals surface area contributed by atoms with Crippen molar-refractivity contribution in [3.63, 3.8) is 0 Å². The number of aromatic nitrogens is 4. The number of rotatable bonds is 5. The molecule has 0 aliphatic carbocycles. The van der Waals surface area contributed by atoms with Crippen LogP contribution in [0.1, 0.15) is 18.2 Å². The molecule has 1 aromatic carbocycles. The number of carbonyl (C=O) groups excluding carboxylic acids is 1. The van der Waals surface area contributed by atoms with Crippen molar-refractivity contribution < 1.29 is 22.7 Å². The van der Waals surface area contributed by atoms with Crippen molar-refractivity contribution in [1.82, 2.24) is 25.1 Å². The van der Waals surface area contributed by atoms with Crippen LogP contribution in [0.5, 0.6) is 0 Å². The van der Waals surface area contributed by atoms with Gasteiger partial charge in [0.25, 0.3) is 0 Å². The molecule has 0 radical (unpaired) electrons. The molecule has 0 saturated carbocycles. The van der Waals surface area contributed by atoms with Crippen molar-refractivity contribution in [2.75, 3.05) is 5.32 Å². The third-order valence-corrected chi connectivity index (χ3v) is 4.77. The van der Waals surface area contributed by atoms with Gasteiger partial charge in [-0.2, -0.15) is 18.3 Å². The first kappa shape index (κ1) is 20.6. The number of cyclic esters (lactones) is 1. The molecule has 0 spiro atoms. The first-order valence-electron chi connectivity index (χ1n) is 9.46. The fraction of sp³-hybridized carbons (Fsp3) is 0.300. The fourth-order valence-corrected chi connectivity index (χ4v) is 3.27. The number of nitrogens with zero attached hydrogens (tertiary/aromatic N) is 4. The maximum absolute atomic E-state index is 12.9. The molecule has 2 unspecified atom stereocenters. The predicted molar refractivity (Wildman–Crippen MR) is 106 cm³/mol. The standard InChI is InChI=1S/C20H19F3N6O2/c1-11-5-13(14-8-25-29(9-14)10-16-12(2)26-19(30)31-16)7-15(6-11)27-18-24-4-3-17(28-18)20(21,22)23/h3-9,12,16H,10H2,1-2H3,(H,26,30)(H,24,27,28). The number of anilines is 2. The van der Waals surface area contributed by atoms with E-state index in [4.69, 9.17) is 4.74 Å². The Morgan fingerprint density at radius 2 is 2.06 bits per heavy atom. The molecule has 2 atom stereocenters. The molecule has 2 N–H and O–H groups in total. The van der Waals surface area contributed by atoms with Crippen LogP contribution in [-0.4, -0.2) is 38.0 Å². The first-order valence-corrected chi connectivity index (χ1v) is 9.46. The second-order valence-corrected chi connectivity index (χ2v) is 7.30. The first-order chi connectivity index (χ1) is 14.7. The van der Waals surface area contributed by atoms with E-state index in [2.05, 4.69) is 25.7 Å². The van der Waals surface area contributed by atoms with E-state index in [1.54, 1.807) is 23.0 Å². The lowest BCUT2D eigenvalue weighted by molar-refractivity contribution is -0.141. The highest BCUT2D eigenvalue weighted by Gasteiger charge is 2.33. The third-order valence-electron chi connectivity index (χ3n) is 4.77. The van der Waals surface area contributed by atoms with Crippen molar-refractivity contribution in [2.45, 2.75) is 38.7 Å². The van der Waals surface area contributed by atoms with Crippen LogP contribution < -0.4 is 10.6 Å². The van der Waals surface area contributed by atoms with Gasteiger partial charge in [-0.05, 0) is 43.2 Å². The Balaban J connectivity index is 1.54. The number of carbonyl (C=O) groups is 1. The number of hydrogen-bond donors (Lipinski definition) is 2. The molecule has 162 valence electrons. The molecule has 3 aromatic rings. The number of nitrogens with one attached hydrogen (secondary N) is 2. The van der Waals surface area contributed by atoms with E-state index < -0.39 is 18.0 Å². The Kier molecular flexibility index (Phi) is 5.25. The Bertz CT molecular complexity index is 1110. The van der Waals surface area contributed by atoms with E-state index in [1.165, 1.54) is 0 Å². The molecule has 8 nitrogen and oxygen atoms in total. The summed E-state index contributed by atoms with van der Waals surface area (Å²) >= 11 is 0. The van der Waals surface area contributed by atoms with Gasteiger partial charge in [0, 0.05) is 23.6 Å². The molecule has 0 bridgehead atoms. The normalized spacial score (nSPS) is 18.5. The van der Waals surface area contributed by atoms with Gasteiger partial charge in [-0.25, -0.2) is 14.8 Å². The van der Waals surface area contributed by atoms with Gasteiger partial charge in [-0.1, -0.05) is 6.07 Å². The highest BCUT2D eigenvalue weighted by Crippen LogP contribution is 2.29. The summed E-state index contributed by atoms with van der Waals surface area (Å²) in [4.78, 5) is 18.7. The number of benzene rings is 1. The van der Waals surface area contributed by atoms with Crippen LogP contribution in [0, 0.1) is 6.92 Å². The highest BCUT2D eigenvalue weighted by molar-refractivity contribution is 5.71. The predicted octanol–water partition coefficient (Wildman–Crippen LogP) is 3.91. The number of halogens is 3. The van der Waals surface area contributed by atoms with Gasteiger partial charge in [-0.3, -0.25) is 4.68 Å². The molecule has 4 rings (SSSR count). The van der Waals surface area contributed by atoms with Crippen LogP contribution in [0.2, 0.25) is 0 Å². The minimum Gasteiger partial charge on any atom is -0.442 e. The summed E-state index contributed by atoms with van der Waals surface area (Å²) in [6, 6.07) is 6.18. The minimum absolute atomic E-state index is 0.123. The summed E-state index contributed by atoms with van der Waals surface area (Å²) in [6.07, 6.45) is -0.771. The van der Waals surface area contributed by atoms with Gasteiger partial charge in [0.15, 0.2) is 0 Å². The third kappa shape index (κ3) is 4.76. The molecular weight excluding hydrogens is 413 g/mol. The van der Waals surface area contributed by atoms with E-state index >= 15 is 0 Å². The summed E-state index contributed by atoms with van der Waals surface area (Å²) in [7, 11) is 0. The van der Waals surface area contributed by atoms with E-state index in [0.717, 1.165) is 29.0 Å². The molecule has 2 aromatic heterocycles. The van der Waals surface area contributed by atoms with Gasteiger partial charge in [-0.15, -0.1) is 0 Å². The maximum Gasteiger partial charge on any atom is 0.433 e. The summed E-state index contributed by atoms with van der Waals surface area (Å²) < 4.78 is 45.6. The Hall–Kier alpha value is -3.63. The second kappa shape index (κ2) is 7.89. The maximum atomic E-state index is 12.9. The molecule has 1 aliphatic heterocycles. The Morgan fingerprint density at radius 1 is 1.26 bits per heavy atom. The Labute approximate surface area is 175 Å². The molecule has 1 fully saturated rings. The number of alkyl carbamates (subject to hydrolysis) is 1. The van der Waals surface area contributed by atoms with Gasteiger partial charge in [0.1, 0.15) is 11.8 Å². The molecule has 1 amide bonds. The average Bonchev–Trinajstić information content (AvgIpc) is 3.27. The monoisotopic (exact) mass is 432 g/mol. The van der Waals surface area contributed by atoms with Crippen LogP contribution in [0.25, 0.3) is 11.1 Å². The number of alkyl halides is 3. The minimum atomic E-state index is -4.55. The molecular formula is C20H19F3N6O2. The largest absolute Gasteiger partial charge is 0.442 e. The molecule has 11 heteroatoms. The lowest BCUT2D eigenvalue weighted by Crippen LogP contribution is -2.31. The van der Waals surface area contributed by atoms with Gasteiger partial charge >= 0.3 is 12.3 Å². The van der Waals surface area contributed by atoms with E-state index in [-0.39, 0.29) is 18.1 Å². The van der Waals surface area contributed by atoms with Gasteiger partial charge in [0.05, 0.1) is 18.8 Å². The van der Waals surface area contributed by atoms with Crippen molar-refractivity contribution in [2.24, 2.45) is 0 Å². The van der Waals surface area contributed by atoms with Crippen LogP contribution in [0.15, 0.2) is 42.9 Å². The summed E-state index contributed by atoms with van der Waals surface area (Å²) in [5.74, 6) is -0.147. The van der Waals surface area contributed by atoms with Gasteiger partial charge < -0.3 is 15.4 Å². The summed E-state index contributed by atoms with van der Waals surface area (Å²) in [5.41, 5.74) is 2.04. The quantitative estimate of drug-likeness (QED) is 0.635. The zero-order valence-electron chi connectivity index (χ0n) is 16.6. The van der Waals surface area contributed by atoms with Crippen LogP contribution in [0.3, 0.4) is 0 Å². The number of ether oxygens (including phenoxy) is 1. The number of hydrogen-bond acceptors (Lipinski definition) is 6. The second-order valence-electron chi connectivity index (χ2n) is 7.30. The topological polar surface area (TPSA) is 94.0 Å². The summed E-state index contributed by atoms with van der Waals surface area (Å²) in [5, 5.41) is 9.84. The number of aryl methyl sites for hydroxylation is 1. The van der Waals surface area contributed by atoms with E-state index in [0.29, 0.717) is 12.2 Å². The molecule has 31 heavy (non-hydrogen) atoms.